The van der Waals surface area contributed by atoms with Crippen molar-refractivity contribution in [2.24, 2.45) is 5.92 Å². The summed E-state index contributed by atoms with van der Waals surface area (Å²) in [5.74, 6) is -0.362. The molecule has 20 heavy (non-hydrogen) atoms. The van der Waals surface area contributed by atoms with Gasteiger partial charge in [-0.25, -0.2) is 17.5 Å². The van der Waals surface area contributed by atoms with E-state index in [1.165, 1.54) is 6.07 Å². The molecule has 0 aliphatic heterocycles. The molecular weight excluding hydrogens is 348 g/mol. The number of hydrogen-bond acceptors (Lipinski definition) is 2. The fourth-order valence-corrected chi connectivity index (χ4v) is 3.79. The van der Waals surface area contributed by atoms with Crippen LogP contribution in [0, 0.1) is 11.7 Å². The Labute approximate surface area is 133 Å². The molecule has 8 heteroatoms. The van der Waals surface area contributed by atoms with Crippen molar-refractivity contribution in [1.82, 2.24) is 4.72 Å². The molecule has 0 fully saturated rings. The quantitative estimate of drug-likeness (QED) is 0.587. The molecule has 1 atom stereocenters. The van der Waals surface area contributed by atoms with Crippen LogP contribution in [0.4, 0.5) is 4.39 Å². The summed E-state index contributed by atoms with van der Waals surface area (Å²) in [5.41, 5.74) is 0. The van der Waals surface area contributed by atoms with E-state index in [1.54, 1.807) is 0 Å². The Hall–Kier alpha value is -0.0700. The highest BCUT2D eigenvalue weighted by Crippen LogP contribution is 2.29. The van der Waals surface area contributed by atoms with Gasteiger partial charge in [-0.3, -0.25) is 0 Å². The average molecular weight is 363 g/mol. The van der Waals surface area contributed by atoms with Gasteiger partial charge < -0.3 is 0 Å². The third-order valence-corrected chi connectivity index (χ3v) is 5.40. The Bertz CT molecular complexity index is 566. The van der Waals surface area contributed by atoms with Crippen LogP contribution < -0.4 is 4.72 Å². The van der Waals surface area contributed by atoms with E-state index in [0.717, 1.165) is 12.5 Å². The van der Waals surface area contributed by atoms with Crippen molar-refractivity contribution in [1.29, 1.82) is 0 Å². The maximum absolute atomic E-state index is 13.5. The minimum absolute atomic E-state index is 0.123. The number of nitrogens with one attached hydrogen (secondary N) is 1. The predicted molar refractivity (Wildman–Crippen MR) is 80.7 cm³/mol. The van der Waals surface area contributed by atoms with Crippen LogP contribution >= 0.6 is 34.8 Å². The number of alkyl halides is 1. The summed E-state index contributed by atoms with van der Waals surface area (Å²) in [4.78, 5) is -0.318. The van der Waals surface area contributed by atoms with Gasteiger partial charge in [-0.2, -0.15) is 0 Å². The van der Waals surface area contributed by atoms with Crippen molar-refractivity contribution in [2.45, 2.75) is 24.7 Å². The third-order valence-electron chi connectivity index (χ3n) is 2.95. The van der Waals surface area contributed by atoms with Crippen LogP contribution in [0.1, 0.15) is 19.8 Å². The second-order valence-electron chi connectivity index (χ2n) is 4.28. The van der Waals surface area contributed by atoms with Crippen molar-refractivity contribution >= 4 is 44.8 Å². The molecular formula is C12H15Cl3FNO2S. The van der Waals surface area contributed by atoms with Gasteiger partial charge in [-0.1, -0.05) is 36.5 Å². The van der Waals surface area contributed by atoms with Crippen LogP contribution in [0.15, 0.2) is 17.0 Å². The van der Waals surface area contributed by atoms with Crippen molar-refractivity contribution in [2.75, 3.05) is 12.4 Å². The second-order valence-corrected chi connectivity index (χ2v) is 7.18. The first kappa shape index (κ1) is 18.0. The maximum atomic E-state index is 13.5. The third kappa shape index (κ3) is 4.46. The van der Waals surface area contributed by atoms with Gasteiger partial charge in [0.1, 0.15) is 4.90 Å². The Morgan fingerprint density at radius 3 is 2.55 bits per heavy atom. The van der Waals surface area contributed by atoms with Crippen molar-refractivity contribution in [3.63, 3.8) is 0 Å². The number of sulfonamides is 1. The van der Waals surface area contributed by atoms with Gasteiger partial charge in [0.05, 0.1) is 10.0 Å². The summed E-state index contributed by atoms with van der Waals surface area (Å²) in [6, 6.07) is 2.34. The first-order valence-electron chi connectivity index (χ1n) is 6.02. The monoisotopic (exact) mass is 361 g/mol. The number of halogens is 4. The molecule has 0 amide bonds. The summed E-state index contributed by atoms with van der Waals surface area (Å²) in [7, 11) is -3.88. The van der Waals surface area contributed by atoms with Crippen molar-refractivity contribution < 1.29 is 12.8 Å². The zero-order valence-electron chi connectivity index (χ0n) is 10.8. The maximum Gasteiger partial charge on any atom is 0.242 e. The van der Waals surface area contributed by atoms with Crippen LogP contribution in [-0.2, 0) is 10.0 Å². The fourth-order valence-electron chi connectivity index (χ4n) is 1.63. The van der Waals surface area contributed by atoms with Gasteiger partial charge in [0.25, 0.3) is 0 Å². The predicted octanol–water partition coefficient (Wildman–Crippen LogP) is 4.07. The molecule has 0 radical (unpaired) electrons. The molecule has 1 unspecified atom stereocenters. The summed E-state index contributed by atoms with van der Waals surface area (Å²) >= 11 is 16.9. The van der Waals surface area contributed by atoms with E-state index in [9.17, 15) is 12.8 Å². The Balaban J connectivity index is 2.92. The fraction of sp³-hybridized carbons (Fsp3) is 0.500. The SMILES string of the molecule is CCC(CCCl)CNS(=O)(=O)c1ccc(Cl)c(F)c1Cl. The van der Waals surface area contributed by atoms with Gasteiger partial charge in [0.2, 0.25) is 10.0 Å². The molecule has 0 aromatic heterocycles. The molecule has 1 aromatic carbocycles. The van der Waals surface area contributed by atoms with Crippen LogP contribution in [0.25, 0.3) is 0 Å². The number of rotatable bonds is 7. The van der Waals surface area contributed by atoms with E-state index in [-0.39, 0.29) is 22.4 Å². The molecule has 0 aliphatic carbocycles. The topological polar surface area (TPSA) is 46.2 Å². The van der Waals surface area contributed by atoms with Crippen LogP contribution in [0.5, 0.6) is 0 Å². The first-order chi connectivity index (χ1) is 9.33. The highest BCUT2D eigenvalue weighted by molar-refractivity contribution is 7.89. The minimum atomic E-state index is -3.88. The van der Waals surface area contributed by atoms with Gasteiger partial charge >= 0.3 is 0 Å². The Morgan fingerprint density at radius 1 is 1.35 bits per heavy atom. The molecule has 0 heterocycles. The van der Waals surface area contributed by atoms with E-state index < -0.39 is 20.9 Å². The molecule has 0 saturated heterocycles. The smallest absolute Gasteiger partial charge is 0.211 e. The first-order valence-corrected chi connectivity index (χ1v) is 8.80. The van der Waals surface area contributed by atoms with Gasteiger partial charge in [-0.15, -0.1) is 11.6 Å². The molecule has 0 saturated carbocycles. The molecule has 0 aliphatic rings. The average Bonchev–Trinajstić information content (AvgIpc) is 2.40. The lowest BCUT2D eigenvalue weighted by Crippen LogP contribution is -2.29. The second kappa shape index (κ2) is 7.80. The lowest BCUT2D eigenvalue weighted by molar-refractivity contribution is 0.480. The van der Waals surface area contributed by atoms with E-state index in [1.807, 2.05) is 6.92 Å². The Kier molecular flexibility index (Phi) is 7.01. The van der Waals surface area contributed by atoms with Crippen LogP contribution in [0.2, 0.25) is 10.0 Å². The zero-order valence-corrected chi connectivity index (χ0v) is 13.9. The normalized spacial score (nSPS) is 13.4. The largest absolute Gasteiger partial charge is 0.242 e. The standard InChI is InChI=1S/C12H15Cl3FNO2S/c1-2-8(5-6-13)7-17-20(18,19)10-4-3-9(14)12(16)11(10)15/h3-4,8,17H,2,5-7H2,1H3. The van der Waals surface area contributed by atoms with E-state index in [4.69, 9.17) is 34.8 Å². The molecule has 0 bridgehead atoms. The summed E-state index contributed by atoms with van der Waals surface area (Å²) in [5, 5.41) is -0.724. The zero-order chi connectivity index (χ0) is 15.3. The number of hydrogen-bond donors (Lipinski definition) is 1. The molecule has 1 rings (SSSR count). The molecule has 114 valence electrons. The summed E-state index contributed by atoms with van der Waals surface area (Å²) < 4.78 is 40.2. The van der Waals surface area contributed by atoms with Crippen LogP contribution in [-0.4, -0.2) is 20.8 Å². The van der Waals surface area contributed by atoms with E-state index >= 15 is 0 Å². The minimum Gasteiger partial charge on any atom is -0.211 e. The highest BCUT2D eigenvalue weighted by Gasteiger charge is 2.22. The van der Waals surface area contributed by atoms with E-state index in [0.29, 0.717) is 12.3 Å². The van der Waals surface area contributed by atoms with Gasteiger partial charge in [0, 0.05) is 12.4 Å². The highest BCUT2D eigenvalue weighted by atomic mass is 35.5. The van der Waals surface area contributed by atoms with Gasteiger partial charge in [-0.05, 0) is 24.5 Å². The lowest BCUT2D eigenvalue weighted by Gasteiger charge is -2.15. The van der Waals surface area contributed by atoms with Gasteiger partial charge in [0.15, 0.2) is 5.82 Å². The van der Waals surface area contributed by atoms with E-state index in [2.05, 4.69) is 4.72 Å². The number of benzene rings is 1. The lowest BCUT2D eigenvalue weighted by atomic mass is 10.0. The van der Waals surface area contributed by atoms with Crippen molar-refractivity contribution in [3.8, 4) is 0 Å². The van der Waals surface area contributed by atoms with Crippen molar-refractivity contribution in [3.05, 3.63) is 28.0 Å². The molecule has 1 N–H and O–H groups in total. The molecule has 1 aromatic rings. The summed E-state index contributed by atoms with van der Waals surface area (Å²) in [6.45, 7) is 2.17. The van der Waals surface area contributed by atoms with Crippen LogP contribution in [0.3, 0.4) is 0 Å². The summed E-state index contributed by atoms with van der Waals surface area (Å²) in [6.07, 6.45) is 1.49. The molecule has 3 nitrogen and oxygen atoms in total. The Morgan fingerprint density at radius 2 is 2.00 bits per heavy atom. The molecule has 0 spiro atoms.